The smallest absolute Gasteiger partial charge is 0.339 e. The van der Waals surface area contributed by atoms with Crippen molar-refractivity contribution in [1.82, 2.24) is 0 Å². The minimum Gasteiger partial charge on any atom is -0.507 e. The molecule has 1 rings (SSSR count). The molecule has 0 aliphatic heterocycles. The van der Waals surface area contributed by atoms with Crippen LogP contribution in [0.25, 0.3) is 0 Å². The molecule has 0 spiro atoms. The highest BCUT2D eigenvalue weighted by Gasteiger charge is 2.16. The maximum Gasteiger partial charge on any atom is 0.339 e. The molecule has 0 heterocycles. The van der Waals surface area contributed by atoms with E-state index in [1.165, 1.54) is 18.2 Å². The molecule has 1 atom stereocenters. The molecule has 0 aromatic heterocycles. The van der Waals surface area contributed by atoms with Crippen molar-refractivity contribution < 1.29 is 19.8 Å². The highest BCUT2D eigenvalue weighted by molar-refractivity contribution is 5.96. The largest absolute Gasteiger partial charge is 0.507 e. The molecular weight excluding hydrogens is 248 g/mol. The lowest BCUT2D eigenvalue weighted by Gasteiger charge is -2.14. The van der Waals surface area contributed by atoms with E-state index in [2.05, 4.69) is 5.32 Å². The molecule has 6 nitrogen and oxygen atoms in total. The Labute approximate surface area is 111 Å². The summed E-state index contributed by atoms with van der Waals surface area (Å²) in [6.45, 7) is 3.92. The van der Waals surface area contributed by atoms with Gasteiger partial charge < -0.3 is 21.3 Å². The van der Waals surface area contributed by atoms with E-state index in [4.69, 9.17) is 10.8 Å². The van der Waals surface area contributed by atoms with Gasteiger partial charge in [0.1, 0.15) is 11.3 Å². The summed E-state index contributed by atoms with van der Waals surface area (Å²) in [7, 11) is 0. The number of carboxylic acid groups (broad SMARTS) is 1. The van der Waals surface area contributed by atoms with Crippen molar-refractivity contribution in [3.05, 3.63) is 23.8 Å². The summed E-state index contributed by atoms with van der Waals surface area (Å²) in [6.07, 6.45) is 0.547. The third kappa shape index (κ3) is 4.26. The van der Waals surface area contributed by atoms with E-state index in [-0.39, 0.29) is 11.5 Å². The van der Waals surface area contributed by atoms with E-state index in [0.717, 1.165) is 0 Å². The Bertz CT molecular complexity index is 486. The number of hydrogen-bond acceptors (Lipinski definition) is 4. The summed E-state index contributed by atoms with van der Waals surface area (Å²) < 4.78 is 0. The van der Waals surface area contributed by atoms with Gasteiger partial charge in [-0.05, 0) is 24.5 Å². The van der Waals surface area contributed by atoms with Gasteiger partial charge in [-0.15, -0.1) is 0 Å². The highest BCUT2D eigenvalue weighted by atomic mass is 16.4. The fourth-order valence-corrected chi connectivity index (χ4v) is 1.64. The van der Waals surface area contributed by atoms with Crippen LogP contribution in [0.4, 0.5) is 5.69 Å². The monoisotopic (exact) mass is 266 g/mol. The SMILES string of the molecule is CC(C)C[C@@H](N)C(=O)Nc1ccc(C(=O)O)c(O)c1. The number of benzene rings is 1. The Kier molecular flexibility index (Phi) is 4.88. The molecule has 0 fully saturated rings. The van der Waals surface area contributed by atoms with Crippen LogP contribution in [0.15, 0.2) is 18.2 Å². The van der Waals surface area contributed by atoms with Gasteiger partial charge in [0.15, 0.2) is 0 Å². The lowest BCUT2D eigenvalue weighted by Crippen LogP contribution is -2.36. The Morgan fingerprint density at radius 3 is 2.47 bits per heavy atom. The van der Waals surface area contributed by atoms with Crippen LogP contribution in [-0.4, -0.2) is 28.1 Å². The Morgan fingerprint density at radius 1 is 1.37 bits per heavy atom. The standard InChI is InChI=1S/C13H18N2O4/c1-7(2)5-10(14)12(17)15-8-3-4-9(13(18)19)11(16)6-8/h3-4,6-7,10,16H,5,14H2,1-2H3,(H,15,17)(H,18,19)/t10-/m1/s1. The summed E-state index contributed by atoms with van der Waals surface area (Å²) >= 11 is 0. The van der Waals surface area contributed by atoms with Gasteiger partial charge in [-0.3, -0.25) is 4.79 Å². The van der Waals surface area contributed by atoms with Crippen molar-refractivity contribution in [2.45, 2.75) is 26.3 Å². The molecule has 0 radical (unpaired) electrons. The molecule has 0 saturated carbocycles. The average Bonchev–Trinajstić information content (AvgIpc) is 2.27. The third-order valence-corrected chi connectivity index (χ3v) is 2.56. The second-order valence-corrected chi connectivity index (χ2v) is 4.76. The van der Waals surface area contributed by atoms with Crippen LogP contribution in [0.1, 0.15) is 30.6 Å². The van der Waals surface area contributed by atoms with Gasteiger partial charge in [0, 0.05) is 11.8 Å². The zero-order chi connectivity index (χ0) is 14.6. The first-order valence-corrected chi connectivity index (χ1v) is 5.94. The first kappa shape index (κ1) is 15.0. The van der Waals surface area contributed by atoms with Crippen LogP contribution >= 0.6 is 0 Å². The van der Waals surface area contributed by atoms with Crippen molar-refractivity contribution in [2.24, 2.45) is 11.7 Å². The minimum atomic E-state index is -1.23. The Balaban J connectivity index is 2.75. The topological polar surface area (TPSA) is 113 Å². The van der Waals surface area contributed by atoms with Crippen molar-refractivity contribution in [2.75, 3.05) is 5.32 Å². The first-order chi connectivity index (χ1) is 8.81. The van der Waals surface area contributed by atoms with E-state index in [0.29, 0.717) is 18.0 Å². The van der Waals surface area contributed by atoms with Gasteiger partial charge in [0.25, 0.3) is 0 Å². The maximum atomic E-state index is 11.7. The number of hydrogen-bond donors (Lipinski definition) is 4. The molecule has 104 valence electrons. The molecule has 5 N–H and O–H groups in total. The summed E-state index contributed by atoms with van der Waals surface area (Å²) in [5.74, 6) is -1.70. The third-order valence-electron chi connectivity index (χ3n) is 2.56. The summed E-state index contributed by atoms with van der Waals surface area (Å²) in [5, 5.41) is 20.8. The van der Waals surface area contributed by atoms with Crippen molar-refractivity contribution >= 4 is 17.6 Å². The number of amides is 1. The zero-order valence-electron chi connectivity index (χ0n) is 10.9. The number of aromatic carboxylic acids is 1. The number of rotatable bonds is 5. The van der Waals surface area contributed by atoms with Crippen LogP contribution in [0.3, 0.4) is 0 Å². The summed E-state index contributed by atoms with van der Waals surface area (Å²) in [6, 6.07) is 3.18. The van der Waals surface area contributed by atoms with Crippen LogP contribution in [0, 0.1) is 5.92 Å². The second kappa shape index (κ2) is 6.19. The van der Waals surface area contributed by atoms with Gasteiger partial charge in [0.05, 0.1) is 6.04 Å². The lowest BCUT2D eigenvalue weighted by molar-refractivity contribution is -0.117. The molecule has 1 aromatic rings. The molecule has 0 aliphatic rings. The molecule has 0 bridgehead atoms. The number of anilines is 1. The van der Waals surface area contributed by atoms with Crippen molar-refractivity contribution in [3.8, 4) is 5.75 Å². The van der Waals surface area contributed by atoms with Gasteiger partial charge in [-0.2, -0.15) is 0 Å². The Hall–Kier alpha value is -2.08. The number of carbonyl (C=O) groups is 2. The molecule has 0 saturated heterocycles. The summed E-state index contributed by atoms with van der Waals surface area (Å²) in [5.41, 5.74) is 5.81. The van der Waals surface area contributed by atoms with Crippen LogP contribution in [-0.2, 0) is 4.79 Å². The first-order valence-electron chi connectivity index (χ1n) is 5.94. The second-order valence-electron chi connectivity index (χ2n) is 4.76. The van der Waals surface area contributed by atoms with Crippen molar-refractivity contribution in [3.63, 3.8) is 0 Å². The maximum absolute atomic E-state index is 11.7. The van der Waals surface area contributed by atoms with E-state index < -0.39 is 17.8 Å². The molecule has 6 heteroatoms. The number of nitrogens with one attached hydrogen (secondary N) is 1. The predicted molar refractivity (Wildman–Crippen MR) is 71.1 cm³/mol. The molecule has 0 unspecified atom stereocenters. The molecular formula is C13H18N2O4. The van der Waals surface area contributed by atoms with E-state index in [9.17, 15) is 14.7 Å². The van der Waals surface area contributed by atoms with Gasteiger partial charge in [0.2, 0.25) is 5.91 Å². The minimum absolute atomic E-state index is 0.218. The number of carbonyl (C=O) groups excluding carboxylic acids is 1. The van der Waals surface area contributed by atoms with Crippen LogP contribution in [0.5, 0.6) is 5.75 Å². The molecule has 1 aromatic carbocycles. The van der Waals surface area contributed by atoms with Crippen LogP contribution in [0.2, 0.25) is 0 Å². The zero-order valence-corrected chi connectivity index (χ0v) is 10.9. The number of carboxylic acids is 1. The average molecular weight is 266 g/mol. The fourth-order valence-electron chi connectivity index (χ4n) is 1.64. The predicted octanol–water partition coefficient (Wildman–Crippen LogP) is 1.40. The molecule has 0 aliphatic carbocycles. The fraction of sp³-hybridized carbons (Fsp3) is 0.385. The van der Waals surface area contributed by atoms with Crippen molar-refractivity contribution in [1.29, 1.82) is 0 Å². The lowest BCUT2D eigenvalue weighted by atomic mass is 10.0. The van der Waals surface area contributed by atoms with E-state index in [1.807, 2.05) is 13.8 Å². The highest BCUT2D eigenvalue weighted by Crippen LogP contribution is 2.22. The van der Waals surface area contributed by atoms with Crippen LogP contribution < -0.4 is 11.1 Å². The normalized spacial score (nSPS) is 12.2. The molecule has 19 heavy (non-hydrogen) atoms. The van der Waals surface area contributed by atoms with Gasteiger partial charge in [-0.25, -0.2) is 4.79 Å². The quantitative estimate of drug-likeness (QED) is 0.643. The van der Waals surface area contributed by atoms with Gasteiger partial charge >= 0.3 is 5.97 Å². The number of aromatic hydroxyl groups is 1. The Morgan fingerprint density at radius 2 is 2.00 bits per heavy atom. The molecule has 1 amide bonds. The summed E-state index contributed by atoms with van der Waals surface area (Å²) in [4.78, 5) is 22.5. The number of phenols is 1. The number of nitrogens with two attached hydrogens (primary N) is 1. The van der Waals surface area contributed by atoms with E-state index in [1.54, 1.807) is 0 Å². The van der Waals surface area contributed by atoms with Gasteiger partial charge in [-0.1, -0.05) is 13.8 Å². The van der Waals surface area contributed by atoms with E-state index >= 15 is 0 Å².